The van der Waals surface area contributed by atoms with Gasteiger partial charge in [-0.15, -0.1) is 0 Å². The van der Waals surface area contributed by atoms with Gasteiger partial charge in [-0.1, -0.05) is 6.07 Å². The average molecular weight is 565 g/mol. The molecule has 0 aliphatic carbocycles. The largest absolute Gasteiger partial charge is 0.481 e. The second-order valence-corrected chi connectivity index (χ2v) is 10.6. The first-order valence-electron chi connectivity index (χ1n) is 13.5. The molecular formula is C30H31F3N6O2. The van der Waals surface area contributed by atoms with Crippen molar-refractivity contribution < 1.29 is 22.7 Å². The van der Waals surface area contributed by atoms with Crippen molar-refractivity contribution in [1.29, 1.82) is 5.26 Å². The van der Waals surface area contributed by atoms with E-state index in [-0.39, 0.29) is 17.5 Å². The van der Waals surface area contributed by atoms with Crippen molar-refractivity contribution in [2.24, 2.45) is 0 Å². The molecular weight excluding hydrogens is 533 g/mol. The summed E-state index contributed by atoms with van der Waals surface area (Å²) in [6.07, 6.45) is 0.496. The maximum absolute atomic E-state index is 14.0. The Bertz CT molecular complexity index is 1450. The number of anilines is 1. The molecule has 1 amide bonds. The van der Waals surface area contributed by atoms with E-state index in [1.54, 1.807) is 25.6 Å². The summed E-state index contributed by atoms with van der Waals surface area (Å²) in [5.41, 5.74) is 0.803. The maximum Gasteiger partial charge on any atom is 0.416 e. The first-order chi connectivity index (χ1) is 19.6. The van der Waals surface area contributed by atoms with Gasteiger partial charge in [-0.2, -0.15) is 18.4 Å². The summed E-state index contributed by atoms with van der Waals surface area (Å²) in [6.45, 7) is 2.44. The second-order valence-electron chi connectivity index (χ2n) is 10.6. The molecule has 2 aliphatic heterocycles. The number of aromatic nitrogens is 2. The van der Waals surface area contributed by atoms with Crippen LogP contribution < -0.4 is 15.0 Å². The van der Waals surface area contributed by atoms with E-state index in [4.69, 9.17) is 4.74 Å². The van der Waals surface area contributed by atoms with Crippen LogP contribution in [0.5, 0.6) is 5.88 Å². The van der Waals surface area contributed by atoms with Gasteiger partial charge >= 0.3 is 6.18 Å². The Balaban J connectivity index is 1.44. The van der Waals surface area contributed by atoms with E-state index in [0.717, 1.165) is 42.8 Å². The number of piperidine rings is 1. The number of hydrogen-bond donors (Lipinski definition) is 1. The summed E-state index contributed by atoms with van der Waals surface area (Å²) >= 11 is 0. The highest BCUT2D eigenvalue weighted by molar-refractivity contribution is 5.89. The third-order valence-electron chi connectivity index (χ3n) is 8.12. The normalized spacial score (nSPS) is 19.0. The van der Waals surface area contributed by atoms with Crippen molar-refractivity contribution in [2.45, 2.75) is 36.9 Å². The summed E-state index contributed by atoms with van der Waals surface area (Å²) in [7, 11) is 3.56. The Morgan fingerprint density at radius 1 is 1.15 bits per heavy atom. The number of methoxy groups -OCH3 is 1. The van der Waals surface area contributed by atoms with Gasteiger partial charge in [-0.3, -0.25) is 9.78 Å². The number of carbonyl (C=O) groups is 1. The van der Waals surface area contributed by atoms with E-state index in [1.807, 2.05) is 36.2 Å². The monoisotopic (exact) mass is 564 g/mol. The molecule has 2 fully saturated rings. The van der Waals surface area contributed by atoms with Crippen LogP contribution in [0.1, 0.15) is 36.0 Å². The number of halogens is 3. The standard InChI is InChI=1S/C30H31F3N6O2/c1-38-13-9-23(19-38)37-28(40)29(22-5-7-25(36-18-22)24-4-3-12-35-27(24)41-2)10-14-39(15-11-29)26-8-6-21(30(31,32)33)16-20(26)17-34/h3-8,12,16,18,23H,9-11,13-15,19H2,1-2H3,(H,37,40)/t23-/m0/s1. The van der Waals surface area contributed by atoms with Crippen molar-refractivity contribution in [3.05, 3.63) is 71.5 Å². The molecule has 1 N–H and O–H groups in total. The van der Waals surface area contributed by atoms with Crippen LogP contribution in [0, 0.1) is 11.3 Å². The second kappa shape index (κ2) is 11.4. The maximum atomic E-state index is 14.0. The van der Waals surface area contributed by atoms with Gasteiger partial charge in [0.25, 0.3) is 0 Å². The zero-order valence-electron chi connectivity index (χ0n) is 22.9. The fourth-order valence-electron chi connectivity index (χ4n) is 5.81. The van der Waals surface area contributed by atoms with Gasteiger partial charge in [-0.25, -0.2) is 4.98 Å². The molecule has 0 bridgehead atoms. The van der Waals surface area contributed by atoms with Gasteiger partial charge in [0.2, 0.25) is 11.8 Å². The lowest BCUT2D eigenvalue weighted by Gasteiger charge is -2.42. The number of benzene rings is 1. The minimum absolute atomic E-state index is 0.0365. The number of ether oxygens (including phenoxy) is 1. The van der Waals surface area contributed by atoms with Crippen molar-refractivity contribution in [2.75, 3.05) is 45.2 Å². The third kappa shape index (κ3) is 5.70. The van der Waals surface area contributed by atoms with Crippen LogP contribution >= 0.6 is 0 Å². The molecule has 2 aliphatic rings. The zero-order valence-corrected chi connectivity index (χ0v) is 22.9. The molecule has 0 radical (unpaired) electrons. The molecule has 41 heavy (non-hydrogen) atoms. The van der Waals surface area contributed by atoms with Gasteiger partial charge < -0.3 is 19.9 Å². The fourth-order valence-corrected chi connectivity index (χ4v) is 5.81. The Labute approximate surface area is 236 Å². The molecule has 1 aromatic carbocycles. The Morgan fingerprint density at radius 2 is 1.93 bits per heavy atom. The molecule has 8 nitrogen and oxygen atoms in total. The van der Waals surface area contributed by atoms with Crippen LogP contribution in [-0.2, 0) is 16.4 Å². The highest BCUT2D eigenvalue weighted by Crippen LogP contribution is 2.40. The highest BCUT2D eigenvalue weighted by Gasteiger charge is 2.44. The summed E-state index contributed by atoms with van der Waals surface area (Å²) in [4.78, 5) is 26.9. The Hall–Kier alpha value is -4.17. The van der Waals surface area contributed by atoms with E-state index >= 15 is 0 Å². The molecule has 0 unspecified atom stereocenters. The van der Waals surface area contributed by atoms with E-state index in [2.05, 4.69) is 20.2 Å². The Kier molecular flexibility index (Phi) is 7.87. The van der Waals surface area contributed by atoms with Gasteiger partial charge in [-0.05, 0) is 74.8 Å². The number of nitrogens with zero attached hydrogens (tertiary/aromatic N) is 5. The lowest BCUT2D eigenvalue weighted by molar-refractivity contribution is -0.137. The molecule has 11 heteroatoms. The summed E-state index contributed by atoms with van der Waals surface area (Å²) in [6, 6.07) is 12.6. The number of nitrogens with one attached hydrogen (secondary N) is 1. The third-order valence-corrected chi connectivity index (χ3v) is 8.12. The first kappa shape index (κ1) is 28.4. The zero-order chi connectivity index (χ0) is 29.2. The molecule has 4 heterocycles. The molecule has 0 saturated carbocycles. The summed E-state index contributed by atoms with van der Waals surface area (Å²) in [5.74, 6) is 0.364. The van der Waals surface area contributed by atoms with Crippen molar-refractivity contribution in [1.82, 2.24) is 20.2 Å². The van der Waals surface area contributed by atoms with Crippen LogP contribution in [0.3, 0.4) is 0 Å². The lowest BCUT2D eigenvalue weighted by atomic mass is 9.72. The van der Waals surface area contributed by atoms with Gasteiger partial charge in [0.15, 0.2) is 0 Å². The number of carbonyl (C=O) groups excluding carboxylic acids is 1. The number of alkyl halides is 3. The Morgan fingerprint density at radius 3 is 2.54 bits per heavy atom. The van der Waals surface area contributed by atoms with Crippen molar-refractivity contribution in [3.63, 3.8) is 0 Å². The number of rotatable bonds is 6. The topological polar surface area (TPSA) is 94.4 Å². The number of nitriles is 1. The quantitative estimate of drug-likeness (QED) is 0.474. The molecule has 214 valence electrons. The van der Waals surface area contributed by atoms with Crippen molar-refractivity contribution in [3.8, 4) is 23.2 Å². The smallest absolute Gasteiger partial charge is 0.416 e. The molecule has 2 saturated heterocycles. The van der Waals surface area contributed by atoms with Gasteiger partial charge in [0.05, 0.1) is 40.6 Å². The minimum Gasteiger partial charge on any atom is -0.481 e. The highest BCUT2D eigenvalue weighted by atomic mass is 19.4. The van der Waals surface area contributed by atoms with Gasteiger partial charge in [0, 0.05) is 38.1 Å². The number of amides is 1. The van der Waals surface area contributed by atoms with Crippen LogP contribution in [0.4, 0.5) is 18.9 Å². The lowest BCUT2D eigenvalue weighted by Crippen LogP contribution is -2.54. The predicted octanol–water partition coefficient (Wildman–Crippen LogP) is 4.40. The van der Waals surface area contributed by atoms with Crippen LogP contribution in [0.25, 0.3) is 11.3 Å². The fraction of sp³-hybridized carbons (Fsp3) is 0.400. The number of likely N-dealkylation sites (N-methyl/N-ethyl adjacent to an activating group) is 1. The van der Waals surface area contributed by atoms with E-state index in [1.165, 1.54) is 6.07 Å². The van der Waals surface area contributed by atoms with E-state index in [0.29, 0.717) is 43.2 Å². The molecule has 5 rings (SSSR count). The summed E-state index contributed by atoms with van der Waals surface area (Å²) < 4.78 is 45.1. The molecule has 1 atom stereocenters. The van der Waals surface area contributed by atoms with Crippen LogP contribution in [0.2, 0.25) is 0 Å². The van der Waals surface area contributed by atoms with Crippen LogP contribution in [0.15, 0.2) is 54.9 Å². The summed E-state index contributed by atoms with van der Waals surface area (Å²) in [5, 5.41) is 12.9. The van der Waals surface area contributed by atoms with Crippen LogP contribution in [-0.4, -0.2) is 67.2 Å². The van der Waals surface area contributed by atoms with Gasteiger partial charge in [0.1, 0.15) is 6.07 Å². The predicted molar refractivity (Wildman–Crippen MR) is 147 cm³/mol. The number of pyridine rings is 2. The molecule has 0 spiro atoms. The van der Waals surface area contributed by atoms with E-state index < -0.39 is 17.2 Å². The minimum atomic E-state index is -4.54. The molecule has 2 aromatic heterocycles. The van der Waals surface area contributed by atoms with E-state index in [9.17, 15) is 23.2 Å². The average Bonchev–Trinajstić information content (AvgIpc) is 3.40. The molecule has 3 aromatic rings. The SMILES string of the molecule is COc1ncccc1-c1ccc(C2(C(=O)N[C@H]3CCN(C)C3)CCN(c3ccc(C(F)(F)F)cc3C#N)CC2)cn1. The van der Waals surface area contributed by atoms with Crippen molar-refractivity contribution >= 4 is 11.6 Å². The number of hydrogen-bond acceptors (Lipinski definition) is 7. The first-order valence-corrected chi connectivity index (χ1v) is 13.5. The number of likely N-dealkylation sites (tertiary alicyclic amines) is 1.